The standard InChI is InChI=1S/C25H28N8O4/c1-31(2)13-14-37-23-16-22(36-4)20(15-21(23)33(34)35)28-25-26-11-9-24(29-25)27-18-8-6-5-7-17(18)19-10-12-32(3)30-19/h5-12,15-16H,13-14H2,1-4H3,(H2,26,27,28,29). The molecule has 0 spiro atoms. The normalized spacial score (nSPS) is 10.8. The number of nitrogens with one attached hydrogen (secondary N) is 2. The van der Waals surface area contributed by atoms with E-state index >= 15 is 0 Å². The topological polar surface area (TPSA) is 132 Å². The summed E-state index contributed by atoms with van der Waals surface area (Å²) < 4.78 is 12.9. The number of hydrogen-bond acceptors (Lipinski definition) is 10. The van der Waals surface area contributed by atoms with E-state index in [1.165, 1.54) is 19.2 Å². The summed E-state index contributed by atoms with van der Waals surface area (Å²) >= 11 is 0. The number of benzene rings is 2. The Hall–Kier alpha value is -4.71. The number of methoxy groups -OCH3 is 1. The van der Waals surface area contributed by atoms with Crippen molar-refractivity contribution >= 4 is 28.8 Å². The van der Waals surface area contributed by atoms with Gasteiger partial charge in [-0.15, -0.1) is 0 Å². The van der Waals surface area contributed by atoms with Crippen LogP contribution in [0.2, 0.25) is 0 Å². The number of rotatable bonds is 11. The van der Waals surface area contributed by atoms with Gasteiger partial charge in [-0.25, -0.2) is 4.98 Å². The molecule has 0 amide bonds. The Kier molecular flexibility index (Phi) is 7.79. The number of nitro benzene ring substituents is 1. The fourth-order valence-corrected chi connectivity index (χ4v) is 3.53. The number of para-hydroxylation sites is 1. The fraction of sp³-hybridized carbons (Fsp3) is 0.240. The third-order valence-electron chi connectivity index (χ3n) is 5.36. The van der Waals surface area contributed by atoms with Gasteiger partial charge in [0.25, 0.3) is 0 Å². The summed E-state index contributed by atoms with van der Waals surface area (Å²) in [5.41, 5.74) is 2.69. The van der Waals surface area contributed by atoms with E-state index < -0.39 is 4.92 Å². The van der Waals surface area contributed by atoms with E-state index in [-0.39, 0.29) is 17.4 Å². The van der Waals surface area contributed by atoms with Crippen LogP contribution in [-0.2, 0) is 7.05 Å². The molecule has 0 fully saturated rings. The lowest BCUT2D eigenvalue weighted by Crippen LogP contribution is -2.19. The fourth-order valence-electron chi connectivity index (χ4n) is 3.53. The zero-order valence-corrected chi connectivity index (χ0v) is 21.0. The Morgan fingerprint density at radius 3 is 2.59 bits per heavy atom. The van der Waals surface area contributed by atoms with Crippen LogP contribution in [0.5, 0.6) is 11.5 Å². The van der Waals surface area contributed by atoms with Gasteiger partial charge in [0.15, 0.2) is 0 Å². The Morgan fingerprint density at radius 1 is 1.08 bits per heavy atom. The van der Waals surface area contributed by atoms with Crippen molar-refractivity contribution in [3.05, 3.63) is 71.0 Å². The molecule has 2 aromatic carbocycles. The number of nitro groups is 1. The predicted octanol–water partition coefficient (Wildman–Crippen LogP) is 4.22. The summed E-state index contributed by atoms with van der Waals surface area (Å²) in [5.74, 6) is 1.23. The van der Waals surface area contributed by atoms with E-state index in [0.29, 0.717) is 30.4 Å². The number of aromatic nitrogens is 4. The van der Waals surface area contributed by atoms with Crippen LogP contribution in [0.25, 0.3) is 11.3 Å². The maximum atomic E-state index is 11.7. The predicted molar refractivity (Wildman–Crippen MR) is 141 cm³/mol. The Labute approximate surface area is 214 Å². The van der Waals surface area contributed by atoms with E-state index in [1.807, 2.05) is 62.6 Å². The summed E-state index contributed by atoms with van der Waals surface area (Å²) in [6.45, 7) is 0.900. The van der Waals surface area contributed by atoms with Gasteiger partial charge in [-0.3, -0.25) is 14.8 Å². The quantitative estimate of drug-likeness (QED) is 0.226. The van der Waals surface area contributed by atoms with Gasteiger partial charge in [-0.2, -0.15) is 10.1 Å². The van der Waals surface area contributed by atoms with E-state index in [9.17, 15) is 10.1 Å². The van der Waals surface area contributed by atoms with Crippen LogP contribution in [-0.4, -0.2) is 63.9 Å². The zero-order chi connectivity index (χ0) is 26.4. The van der Waals surface area contributed by atoms with Crippen molar-refractivity contribution in [1.29, 1.82) is 0 Å². The summed E-state index contributed by atoms with van der Waals surface area (Å²) in [7, 11) is 7.13. The molecular formula is C25H28N8O4. The van der Waals surface area contributed by atoms with Crippen molar-refractivity contribution in [1.82, 2.24) is 24.6 Å². The molecular weight excluding hydrogens is 476 g/mol. The number of hydrogen-bond donors (Lipinski definition) is 2. The van der Waals surface area contributed by atoms with Gasteiger partial charge < -0.3 is 25.0 Å². The van der Waals surface area contributed by atoms with Crippen LogP contribution in [0.15, 0.2) is 60.9 Å². The lowest BCUT2D eigenvalue weighted by atomic mass is 10.1. The molecule has 4 rings (SSSR count). The van der Waals surface area contributed by atoms with Gasteiger partial charge >= 0.3 is 5.69 Å². The van der Waals surface area contributed by atoms with Gasteiger partial charge in [-0.05, 0) is 32.3 Å². The molecule has 192 valence electrons. The lowest BCUT2D eigenvalue weighted by Gasteiger charge is -2.15. The Bertz CT molecular complexity index is 1390. The smallest absolute Gasteiger partial charge is 0.313 e. The first kappa shape index (κ1) is 25.4. The summed E-state index contributed by atoms with van der Waals surface area (Å²) in [6, 6.07) is 14.3. The van der Waals surface area contributed by atoms with E-state index in [4.69, 9.17) is 9.47 Å². The highest BCUT2D eigenvalue weighted by Gasteiger charge is 2.21. The molecule has 0 aliphatic carbocycles. The van der Waals surface area contributed by atoms with Crippen LogP contribution in [0, 0.1) is 10.1 Å². The first-order valence-corrected chi connectivity index (χ1v) is 11.4. The van der Waals surface area contributed by atoms with Crippen molar-refractivity contribution in [3.8, 4) is 22.8 Å². The van der Waals surface area contributed by atoms with Gasteiger partial charge in [0.2, 0.25) is 11.7 Å². The van der Waals surface area contributed by atoms with Gasteiger partial charge in [0.05, 0.1) is 23.4 Å². The maximum absolute atomic E-state index is 11.7. The van der Waals surface area contributed by atoms with Gasteiger partial charge in [-0.1, -0.05) is 18.2 Å². The molecule has 2 heterocycles. The Balaban J connectivity index is 1.58. The summed E-state index contributed by atoms with van der Waals surface area (Å²) in [6.07, 6.45) is 3.46. The monoisotopic (exact) mass is 504 g/mol. The molecule has 4 aromatic rings. The number of nitrogens with zero attached hydrogens (tertiary/aromatic N) is 6. The van der Waals surface area contributed by atoms with Gasteiger partial charge in [0, 0.05) is 49.4 Å². The molecule has 0 atom stereocenters. The van der Waals surface area contributed by atoms with Crippen LogP contribution in [0.3, 0.4) is 0 Å². The highest BCUT2D eigenvalue weighted by molar-refractivity contribution is 5.78. The largest absolute Gasteiger partial charge is 0.494 e. The highest BCUT2D eigenvalue weighted by Crippen LogP contribution is 2.39. The molecule has 0 aliphatic rings. The van der Waals surface area contributed by atoms with Crippen LogP contribution in [0.4, 0.5) is 28.8 Å². The SMILES string of the molecule is COc1cc(OCCN(C)C)c([N+](=O)[O-])cc1Nc1nccc(Nc2ccccc2-c2ccn(C)n2)n1. The second-order valence-electron chi connectivity index (χ2n) is 8.36. The molecule has 0 aliphatic heterocycles. The molecule has 0 saturated carbocycles. The lowest BCUT2D eigenvalue weighted by molar-refractivity contribution is -0.385. The third-order valence-corrected chi connectivity index (χ3v) is 5.36. The molecule has 0 unspecified atom stereocenters. The van der Waals surface area contributed by atoms with Crippen molar-refractivity contribution in [2.75, 3.05) is 45.0 Å². The maximum Gasteiger partial charge on any atom is 0.313 e. The number of anilines is 4. The van der Waals surface area contributed by atoms with E-state index in [0.717, 1.165) is 16.9 Å². The number of likely N-dealkylation sites (N-methyl/N-ethyl adjacent to an activating group) is 1. The minimum Gasteiger partial charge on any atom is -0.494 e. The van der Waals surface area contributed by atoms with Crippen molar-refractivity contribution in [2.24, 2.45) is 7.05 Å². The molecule has 37 heavy (non-hydrogen) atoms. The van der Waals surface area contributed by atoms with Crippen molar-refractivity contribution < 1.29 is 14.4 Å². The van der Waals surface area contributed by atoms with Crippen molar-refractivity contribution in [2.45, 2.75) is 0 Å². The summed E-state index contributed by atoms with van der Waals surface area (Å²) in [5, 5.41) is 22.5. The molecule has 12 heteroatoms. The molecule has 0 saturated heterocycles. The molecule has 12 nitrogen and oxygen atoms in total. The molecule has 2 N–H and O–H groups in total. The first-order chi connectivity index (χ1) is 17.8. The molecule has 0 bridgehead atoms. The van der Waals surface area contributed by atoms with Crippen LogP contribution < -0.4 is 20.1 Å². The average Bonchev–Trinajstić information content (AvgIpc) is 3.30. The third kappa shape index (κ3) is 6.30. The van der Waals surface area contributed by atoms with Gasteiger partial charge in [0.1, 0.15) is 18.2 Å². The number of aryl methyl sites for hydroxylation is 1. The zero-order valence-electron chi connectivity index (χ0n) is 21.0. The Morgan fingerprint density at radius 2 is 1.89 bits per heavy atom. The molecule has 0 radical (unpaired) electrons. The average molecular weight is 505 g/mol. The van der Waals surface area contributed by atoms with Crippen LogP contribution >= 0.6 is 0 Å². The van der Waals surface area contributed by atoms with Crippen LogP contribution in [0.1, 0.15) is 0 Å². The minimum absolute atomic E-state index is 0.122. The second kappa shape index (κ2) is 11.4. The van der Waals surface area contributed by atoms with Crippen molar-refractivity contribution in [3.63, 3.8) is 0 Å². The summed E-state index contributed by atoms with van der Waals surface area (Å²) in [4.78, 5) is 21.9. The molecule has 2 aromatic heterocycles. The highest BCUT2D eigenvalue weighted by atomic mass is 16.6. The van der Waals surface area contributed by atoms with E-state index in [2.05, 4.69) is 25.7 Å². The van der Waals surface area contributed by atoms with E-state index in [1.54, 1.807) is 16.9 Å². The minimum atomic E-state index is -0.497. The number of ether oxygens (including phenoxy) is 2. The first-order valence-electron chi connectivity index (χ1n) is 11.4. The second-order valence-corrected chi connectivity index (χ2v) is 8.36.